The van der Waals surface area contributed by atoms with E-state index < -0.39 is 27.2 Å². The molecule has 0 aliphatic rings. The summed E-state index contributed by atoms with van der Waals surface area (Å²) in [5.74, 6) is -0.855. The Labute approximate surface area is 86.0 Å². The fourth-order valence-corrected chi connectivity index (χ4v) is 1.35. The highest BCUT2D eigenvalue weighted by atomic mass is 32.2. The molecular weight excluding hydrogens is 225 g/mol. The van der Waals surface area contributed by atoms with Gasteiger partial charge in [0.2, 0.25) is 10.0 Å². The minimum atomic E-state index is -3.88. The number of nitrogens with two attached hydrogens (primary N) is 1. The van der Waals surface area contributed by atoms with Crippen LogP contribution < -0.4 is 5.14 Å². The summed E-state index contributed by atoms with van der Waals surface area (Å²) >= 11 is 0. The Morgan fingerprint density at radius 2 is 1.93 bits per heavy atom. The lowest BCUT2D eigenvalue weighted by Gasteiger charge is -2.14. The molecule has 0 bridgehead atoms. The third-order valence-corrected chi connectivity index (χ3v) is 3.16. The van der Waals surface area contributed by atoms with Gasteiger partial charge in [-0.1, -0.05) is 0 Å². The first kappa shape index (κ1) is 12.0. The summed E-state index contributed by atoms with van der Waals surface area (Å²) in [6, 6.07) is 0. The number of aliphatic hydroxyl groups is 1. The predicted octanol–water partition coefficient (Wildman–Crippen LogP) is -0.674. The van der Waals surface area contributed by atoms with Crippen molar-refractivity contribution in [2.24, 2.45) is 5.14 Å². The summed E-state index contributed by atoms with van der Waals surface area (Å²) in [7, 11) is -3.88. The minimum absolute atomic E-state index is 0.182. The summed E-state index contributed by atoms with van der Waals surface area (Å²) in [4.78, 5) is 6.91. The Bertz CT molecular complexity index is 433. The zero-order valence-electron chi connectivity index (χ0n) is 7.83. The molecule has 0 aromatic carbocycles. The summed E-state index contributed by atoms with van der Waals surface area (Å²) < 4.78 is 34.2. The molecule has 1 aromatic heterocycles. The van der Waals surface area contributed by atoms with Crippen LogP contribution >= 0.6 is 0 Å². The molecule has 0 spiro atoms. The van der Waals surface area contributed by atoms with Crippen molar-refractivity contribution < 1.29 is 17.9 Å². The van der Waals surface area contributed by atoms with Gasteiger partial charge in [-0.3, -0.25) is 0 Å². The highest BCUT2D eigenvalue weighted by Gasteiger charge is 2.28. The van der Waals surface area contributed by atoms with Crippen LogP contribution in [0.4, 0.5) is 4.39 Å². The maximum absolute atomic E-state index is 12.4. The van der Waals surface area contributed by atoms with Gasteiger partial charge in [-0.05, 0) is 6.92 Å². The van der Waals surface area contributed by atoms with Crippen LogP contribution in [0.15, 0.2) is 12.4 Å². The summed E-state index contributed by atoms with van der Waals surface area (Å²) in [5, 5.41) is 13.1. The fourth-order valence-electron chi connectivity index (χ4n) is 0.865. The summed E-state index contributed by atoms with van der Waals surface area (Å²) in [5.41, 5.74) is 0. The van der Waals surface area contributed by atoms with Gasteiger partial charge in [0.05, 0.1) is 12.4 Å². The van der Waals surface area contributed by atoms with Gasteiger partial charge in [0.15, 0.2) is 11.6 Å². The van der Waals surface area contributed by atoms with Crippen LogP contribution in [-0.4, -0.2) is 28.7 Å². The van der Waals surface area contributed by atoms with Gasteiger partial charge in [-0.15, -0.1) is 0 Å². The minimum Gasteiger partial charge on any atom is -0.384 e. The van der Waals surface area contributed by atoms with Crippen LogP contribution in [0.25, 0.3) is 0 Å². The van der Waals surface area contributed by atoms with Gasteiger partial charge >= 0.3 is 0 Å². The molecule has 3 N–H and O–H groups in total. The highest BCUT2D eigenvalue weighted by molar-refractivity contribution is 7.89. The van der Waals surface area contributed by atoms with Crippen molar-refractivity contribution >= 4 is 10.0 Å². The molecule has 1 heterocycles. The number of primary sulfonamides is 1. The third kappa shape index (κ3) is 2.91. The van der Waals surface area contributed by atoms with Crippen molar-refractivity contribution in [1.29, 1.82) is 0 Å². The molecule has 0 saturated heterocycles. The molecule has 0 unspecified atom stereocenters. The number of aliphatic hydroxyl groups excluding tert-OH is 1. The van der Waals surface area contributed by atoms with Gasteiger partial charge < -0.3 is 5.11 Å². The molecule has 0 saturated carbocycles. The maximum atomic E-state index is 12.4. The first-order chi connectivity index (χ1) is 6.82. The molecule has 15 heavy (non-hydrogen) atoms. The van der Waals surface area contributed by atoms with Gasteiger partial charge in [0, 0.05) is 0 Å². The summed E-state index contributed by atoms with van der Waals surface area (Å²) in [6.07, 6.45) is 0.198. The van der Waals surface area contributed by atoms with Gasteiger partial charge in [-0.2, -0.15) is 0 Å². The number of nitrogens with zero attached hydrogens (tertiary/aromatic N) is 2. The van der Waals surface area contributed by atoms with E-state index in [-0.39, 0.29) is 5.82 Å². The van der Waals surface area contributed by atoms with Crippen LogP contribution in [0.2, 0.25) is 0 Å². The van der Waals surface area contributed by atoms with E-state index in [1.807, 2.05) is 0 Å². The molecule has 2 atom stereocenters. The van der Waals surface area contributed by atoms with Crippen molar-refractivity contribution in [3.05, 3.63) is 24.0 Å². The van der Waals surface area contributed by atoms with E-state index in [2.05, 4.69) is 9.97 Å². The van der Waals surface area contributed by atoms with E-state index >= 15 is 0 Å². The van der Waals surface area contributed by atoms with Crippen molar-refractivity contribution in [3.8, 4) is 0 Å². The van der Waals surface area contributed by atoms with E-state index in [0.717, 1.165) is 12.4 Å². The number of aromatic nitrogens is 2. The van der Waals surface area contributed by atoms with Crippen molar-refractivity contribution in [2.45, 2.75) is 18.3 Å². The second-order valence-corrected chi connectivity index (χ2v) is 4.92. The topological polar surface area (TPSA) is 106 Å². The fraction of sp³-hybridized carbons (Fsp3) is 0.429. The molecule has 84 valence electrons. The Balaban J connectivity index is 2.95. The highest BCUT2D eigenvalue weighted by Crippen LogP contribution is 2.16. The number of sulfonamides is 1. The summed E-state index contributed by atoms with van der Waals surface area (Å²) in [6.45, 7) is 1.21. The number of hydrogen-bond donors (Lipinski definition) is 2. The molecule has 8 heteroatoms. The molecule has 0 aliphatic carbocycles. The Hall–Kier alpha value is -1.12. The lowest BCUT2D eigenvalue weighted by molar-refractivity contribution is 0.165. The Morgan fingerprint density at radius 1 is 1.47 bits per heavy atom. The van der Waals surface area contributed by atoms with Crippen LogP contribution in [0.5, 0.6) is 0 Å². The molecule has 1 aromatic rings. The first-order valence-electron chi connectivity index (χ1n) is 3.99. The first-order valence-corrected chi connectivity index (χ1v) is 5.60. The van der Waals surface area contributed by atoms with E-state index in [0.29, 0.717) is 0 Å². The zero-order valence-corrected chi connectivity index (χ0v) is 8.65. The maximum Gasteiger partial charge on any atom is 0.214 e. The zero-order chi connectivity index (χ0) is 11.6. The third-order valence-electron chi connectivity index (χ3n) is 1.87. The van der Waals surface area contributed by atoms with Crippen molar-refractivity contribution in [2.75, 3.05) is 0 Å². The molecular formula is C7H10FN3O3S. The number of rotatable bonds is 3. The largest absolute Gasteiger partial charge is 0.384 e. The lowest BCUT2D eigenvalue weighted by atomic mass is 10.2. The number of halogens is 1. The van der Waals surface area contributed by atoms with E-state index in [1.54, 1.807) is 0 Å². The molecule has 0 fully saturated rings. The molecule has 0 amide bonds. The second kappa shape index (κ2) is 4.17. The normalized spacial score (nSPS) is 16.0. The standard InChI is InChI=1S/C7H10FN3O3S/c1-4(15(9,13)14)6(12)7-10-2-5(8)3-11-7/h2-4,6,12H,1H3,(H2,9,13,14)/t4-,6+/m0/s1. The van der Waals surface area contributed by atoms with Crippen molar-refractivity contribution in [1.82, 2.24) is 9.97 Å². The van der Waals surface area contributed by atoms with Crippen LogP contribution in [0, 0.1) is 5.82 Å². The van der Waals surface area contributed by atoms with Crippen LogP contribution in [0.3, 0.4) is 0 Å². The molecule has 6 nitrogen and oxygen atoms in total. The monoisotopic (exact) mass is 235 g/mol. The molecule has 1 rings (SSSR count). The Kier molecular flexibility index (Phi) is 3.32. The quantitative estimate of drug-likeness (QED) is 0.722. The SMILES string of the molecule is C[C@@H]([C@@H](O)c1ncc(F)cn1)S(N)(=O)=O. The Morgan fingerprint density at radius 3 is 2.33 bits per heavy atom. The average Bonchev–Trinajstić information content (AvgIpc) is 2.15. The van der Waals surface area contributed by atoms with Crippen molar-refractivity contribution in [3.63, 3.8) is 0 Å². The molecule has 0 radical (unpaired) electrons. The van der Waals surface area contributed by atoms with Gasteiger partial charge in [0.25, 0.3) is 0 Å². The van der Waals surface area contributed by atoms with Crippen LogP contribution in [0.1, 0.15) is 18.9 Å². The van der Waals surface area contributed by atoms with E-state index in [1.165, 1.54) is 6.92 Å². The molecule has 0 aliphatic heterocycles. The second-order valence-electron chi connectivity index (χ2n) is 3.00. The van der Waals surface area contributed by atoms with Gasteiger partial charge in [0.1, 0.15) is 11.4 Å². The van der Waals surface area contributed by atoms with E-state index in [4.69, 9.17) is 5.14 Å². The average molecular weight is 235 g/mol. The van der Waals surface area contributed by atoms with Crippen LogP contribution in [-0.2, 0) is 10.0 Å². The predicted molar refractivity (Wildman–Crippen MR) is 49.5 cm³/mol. The van der Waals surface area contributed by atoms with Gasteiger partial charge in [-0.25, -0.2) is 27.9 Å². The van der Waals surface area contributed by atoms with E-state index in [9.17, 15) is 17.9 Å². The number of hydrogen-bond acceptors (Lipinski definition) is 5. The lowest BCUT2D eigenvalue weighted by Crippen LogP contribution is -2.32. The smallest absolute Gasteiger partial charge is 0.214 e.